The minimum absolute atomic E-state index is 0.120. The van der Waals surface area contributed by atoms with Crippen molar-refractivity contribution in [2.45, 2.75) is 12.8 Å². The van der Waals surface area contributed by atoms with Crippen molar-refractivity contribution in [3.63, 3.8) is 0 Å². The predicted molar refractivity (Wildman–Crippen MR) is 118 cm³/mol. The van der Waals surface area contributed by atoms with Gasteiger partial charge in [-0.15, -0.1) is 22.7 Å². The number of aryl methyl sites for hydroxylation is 1. The maximum absolute atomic E-state index is 12.4. The van der Waals surface area contributed by atoms with Crippen LogP contribution >= 0.6 is 34.4 Å². The van der Waals surface area contributed by atoms with Crippen LogP contribution in [0.1, 0.15) is 16.3 Å². The van der Waals surface area contributed by atoms with Gasteiger partial charge in [0.15, 0.2) is 0 Å². The number of rotatable bonds is 7. The van der Waals surface area contributed by atoms with Crippen LogP contribution in [0.3, 0.4) is 0 Å². The molecule has 6 nitrogen and oxygen atoms in total. The Bertz CT molecular complexity index is 1060. The summed E-state index contributed by atoms with van der Waals surface area (Å²) in [5.41, 5.74) is 0.947. The minimum atomic E-state index is -0.308. The van der Waals surface area contributed by atoms with Crippen molar-refractivity contribution < 1.29 is 14.4 Å². The van der Waals surface area contributed by atoms with Gasteiger partial charge in [0.1, 0.15) is 0 Å². The zero-order valence-electron chi connectivity index (χ0n) is 15.3. The quantitative estimate of drug-likeness (QED) is 0.555. The standard InChI is InChI=1S/C20H17N3O3S3/c24-17(7-8-18-22-14-5-1-2-6-15(14)28-18)21-9-10-23-19(25)16(29-20(23)26)12-13-4-3-11-27-13/h1-6,11-12H,7-10H2,(H,21,24)/b16-12+. The summed E-state index contributed by atoms with van der Waals surface area (Å²) in [4.78, 5) is 43.7. The summed E-state index contributed by atoms with van der Waals surface area (Å²) in [6.07, 6.45) is 2.61. The van der Waals surface area contributed by atoms with Crippen molar-refractivity contribution in [3.05, 3.63) is 56.6 Å². The Morgan fingerprint density at radius 2 is 2.03 bits per heavy atom. The zero-order chi connectivity index (χ0) is 20.2. The van der Waals surface area contributed by atoms with Crippen LogP contribution in [0.15, 0.2) is 46.7 Å². The van der Waals surface area contributed by atoms with E-state index in [9.17, 15) is 14.4 Å². The molecule has 0 saturated carbocycles. The van der Waals surface area contributed by atoms with Crippen molar-refractivity contribution in [3.8, 4) is 0 Å². The molecule has 3 amide bonds. The largest absolute Gasteiger partial charge is 0.354 e. The number of fused-ring (bicyclic) bond motifs is 1. The molecule has 1 aliphatic heterocycles. The number of thiophene rings is 1. The fourth-order valence-corrected chi connectivity index (χ4v) is 5.39. The van der Waals surface area contributed by atoms with E-state index in [4.69, 9.17) is 0 Å². The molecule has 2 aromatic heterocycles. The Morgan fingerprint density at radius 1 is 1.17 bits per heavy atom. The summed E-state index contributed by atoms with van der Waals surface area (Å²) >= 11 is 4.03. The van der Waals surface area contributed by atoms with Gasteiger partial charge in [0, 0.05) is 30.8 Å². The highest BCUT2D eigenvalue weighted by atomic mass is 32.2. The van der Waals surface area contributed by atoms with Crippen LogP contribution in [-0.4, -0.2) is 40.0 Å². The van der Waals surface area contributed by atoms with Crippen molar-refractivity contribution in [2.75, 3.05) is 13.1 Å². The molecule has 0 aliphatic carbocycles. The summed E-state index contributed by atoms with van der Waals surface area (Å²) in [7, 11) is 0. The van der Waals surface area contributed by atoms with Crippen LogP contribution in [0.2, 0.25) is 0 Å². The van der Waals surface area contributed by atoms with E-state index in [0.717, 1.165) is 31.9 Å². The third-order valence-corrected chi connectivity index (χ3v) is 7.07. The topological polar surface area (TPSA) is 79.4 Å². The predicted octanol–water partition coefficient (Wildman–Crippen LogP) is 4.14. The molecule has 0 atom stereocenters. The fraction of sp³-hybridized carbons (Fsp3) is 0.200. The molecule has 1 saturated heterocycles. The molecule has 3 heterocycles. The molecule has 148 valence electrons. The van der Waals surface area contributed by atoms with Crippen LogP contribution in [0.25, 0.3) is 16.3 Å². The van der Waals surface area contributed by atoms with E-state index in [1.54, 1.807) is 17.4 Å². The number of imide groups is 1. The average molecular weight is 444 g/mol. The summed E-state index contributed by atoms with van der Waals surface area (Å²) in [6, 6.07) is 11.7. The average Bonchev–Trinajstić information content (AvgIpc) is 3.42. The summed E-state index contributed by atoms with van der Waals surface area (Å²) in [5, 5.41) is 5.31. The number of amides is 3. The van der Waals surface area contributed by atoms with Gasteiger partial charge in [-0.2, -0.15) is 0 Å². The van der Waals surface area contributed by atoms with Gasteiger partial charge in [-0.05, 0) is 41.4 Å². The minimum Gasteiger partial charge on any atom is -0.354 e. The Hall–Kier alpha value is -2.49. The molecular weight excluding hydrogens is 426 g/mol. The second-order valence-corrected chi connectivity index (χ2v) is 9.36. The molecule has 1 aromatic carbocycles. The second-order valence-electron chi connectivity index (χ2n) is 6.27. The van der Waals surface area contributed by atoms with E-state index in [1.807, 2.05) is 41.8 Å². The molecule has 4 rings (SSSR count). The van der Waals surface area contributed by atoms with E-state index in [0.29, 0.717) is 17.7 Å². The number of para-hydroxylation sites is 1. The molecule has 0 radical (unpaired) electrons. The van der Waals surface area contributed by atoms with Crippen LogP contribution in [-0.2, 0) is 16.0 Å². The van der Waals surface area contributed by atoms with Gasteiger partial charge in [-0.1, -0.05) is 18.2 Å². The number of thiazole rings is 1. The number of nitrogens with one attached hydrogen (secondary N) is 1. The molecule has 1 fully saturated rings. The first-order valence-corrected chi connectivity index (χ1v) is 11.5. The van der Waals surface area contributed by atoms with E-state index in [2.05, 4.69) is 10.3 Å². The van der Waals surface area contributed by atoms with Crippen molar-refractivity contribution in [2.24, 2.45) is 0 Å². The second kappa shape index (κ2) is 8.89. The van der Waals surface area contributed by atoms with Gasteiger partial charge >= 0.3 is 0 Å². The Labute approximate surface area is 179 Å². The van der Waals surface area contributed by atoms with Crippen molar-refractivity contribution in [1.29, 1.82) is 0 Å². The Kier molecular flexibility index (Phi) is 6.08. The first kappa shape index (κ1) is 19.8. The number of nitrogens with zero attached hydrogens (tertiary/aromatic N) is 2. The number of thioether (sulfide) groups is 1. The van der Waals surface area contributed by atoms with Crippen LogP contribution in [0, 0.1) is 0 Å². The van der Waals surface area contributed by atoms with E-state index < -0.39 is 0 Å². The van der Waals surface area contributed by atoms with E-state index >= 15 is 0 Å². The SMILES string of the molecule is O=C(CCc1nc2ccccc2s1)NCCN1C(=O)S/C(=C/c2cccs2)C1=O. The molecular formula is C20H17N3O3S3. The van der Waals surface area contributed by atoms with Gasteiger partial charge in [0.2, 0.25) is 5.91 Å². The van der Waals surface area contributed by atoms with Crippen LogP contribution < -0.4 is 5.32 Å². The van der Waals surface area contributed by atoms with Gasteiger partial charge in [0.05, 0.1) is 20.1 Å². The maximum atomic E-state index is 12.4. The smallest absolute Gasteiger partial charge is 0.293 e. The lowest BCUT2D eigenvalue weighted by Crippen LogP contribution is -2.37. The number of aromatic nitrogens is 1. The number of carbonyl (C=O) groups excluding carboxylic acids is 3. The number of benzene rings is 1. The molecule has 0 spiro atoms. The van der Waals surface area contributed by atoms with Gasteiger partial charge in [-0.25, -0.2) is 4.98 Å². The first-order chi connectivity index (χ1) is 14.1. The lowest BCUT2D eigenvalue weighted by atomic mass is 10.3. The monoisotopic (exact) mass is 443 g/mol. The van der Waals surface area contributed by atoms with E-state index in [-0.39, 0.29) is 30.1 Å². The summed E-state index contributed by atoms with van der Waals surface area (Å²) in [5.74, 6) is -0.428. The van der Waals surface area contributed by atoms with Crippen LogP contribution in [0.5, 0.6) is 0 Å². The lowest BCUT2D eigenvalue weighted by Gasteiger charge is -2.12. The maximum Gasteiger partial charge on any atom is 0.293 e. The molecule has 1 aliphatic rings. The third kappa shape index (κ3) is 4.75. The van der Waals surface area contributed by atoms with Gasteiger partial charge < -0.3 is 5.32 Å². The molecule has 29 heavy (non-hydrogen) atoms. The summed E-state index contributed by atoms with van der Waals surface area (Å²) in [6.45, 7) is 0.405. The highest BCUT2D eigenvalue weighted by Crippen LogP contribution is 2.32. The molecule has 3 aromatic rings. The first-order valence-electron chi connectivity index (χ1n) is 9.00. The lowest BCUT2D eigenvalue weighted by molar-refractivity contribution is -0.124. The number of hydrogen-bond donors (Lipinski definition) is 1. The molecule has 9 heteroatoms. The number of hydrogen-bond acceptors (Lipinski definition) is 7. The highest BCUT2D eigenvalue weighted by molar-refractivity contribution is 8.18. The highest BCUT2D eigenvalue weighted by Gasteiger charge is 2.34. The molecule has 1 N–H and O–H groups in total. The zero-order valence-corrected chi connectivity index (χ0v) is 17.7. The normalized spacial score (nSPS) is 15.6. The van der Waals surface area contributed by atoms with Crippen LogP contribution in [0.4, 0.5) is 4.79 Å². The molecule has 0 bridgehead atoms. The number of carbonyl (C=O) groups is 3. The fourth-order valence-electron chi connectivity index (χ4n) is 2.84. The Balaban J connectivity index is 1.24. The van der Waals surface area contributed by atoms with Crippen molar-refractivity contribution >= 4 is 67.8 Å². The summed E-state index contributed by atoms with van der Waals surface area (Å²) < 4.78 is 1.11. The third-order valence-electron chi connectivity index (χ3n) is 4.25. The van der Waals surface area contributed by atoms with Gasteiger partial charge in [-0.3, -0.25) is 19.3 Å². The molecule has 0 unspecified atom stereocenters. The Morgan fingerprint density at radius 3 is 2.83 bits per heavy atom. The van der Waals surface area contributed by atoms with Crippen molar-refractivity contribution in [1.82, 2.24) is 15.2 Å². The van der Waals surface area contributed by atoms with Gasteiger partial charge in [0.25, 0.3) is 11.1 Å². The van der Waals surface area contributed by atoms with E-state index in [1.165, 1.54) is 16.2 Å².